The minimum Gasteiger partial charge on any atom is -0.338 e. The monoisotopic (exact) mass is 353 g/mol. The van der Waals surface area contributed by atoms with Crippen LogP contribution in [0.2, 0.25) is 0 Å². The van der Waals surface area contributed by atoms with Crippen molar-refractivity contribution in [1.29, 1.82) is 0 Å². The van der Waals surface area contributed by atoms with Crippen LogP contribution in [0.1, 0.15) is 12.6 Å². The molecule has 0 spiro atoms. The zero-order valence-electron chi connectivity index (χ0n) is 13.2. The summed E-state index contributed by atoms with van der Waals surface area (Å²) in [4.78, 5) is 18.2. The largest absolute Gasteiger partial charge is 0.338 e. The average molecular weight is 353 g/mol. The molecule has 0 fully saturated rings. The topological polar surface area (TPSA) is 79.4 Å². The highest BCUT2D eigenvalue weighted by Crippen LogP contribution is 2.23. The Balaban J connectivity index is 2.02. The molecule has 1 N–H and O–H groups in total. The highest BCUT2D eigenvalue weighted by molar-refractivity contribution is 7.88. The molecule has 2 rings (SSSR count). The Bertz CT molecular complexity index is 772. The fourth-order valence-electron chi connectivity index (χ4n) is 2.12. The van der Waals surface area contributed by atoms with Crippen molar-refractivity contribution >= 4 is 27.3 Å². The lowest BCUT2D eigenvalue weighted by atomic mass is 10.2. The summed E-state index contributed by atoms with van der Waals surface area (Å²) in [5.74, 6) is -0.301. The van der Waals surface area contributed by atoms with Crippen LogP contribution in [0.3, 0.4) is 0 Å². The first-order chi connectivity index (χ1) is 10.8. The van der Waals surface area contributed by atoms with Gasteiger partial charge in [0.2, 0.25) is 15.9 Å². The van der Waals surface area contributed by atoms with Gasteiger partial charge in [-0.2, -0.15) is 0 Å². The second-order valence-corrected chi connectivity index (χ2v) is 7.95. The van der Waals surface area contributed by atoms with Gasteiger partial charge in [0.1, 0.15) is 5.01 Å². The van der Waals surface area contributed by atoms with Crippen molar-refractivity contribution in [3.63, 3.8) is 0 Å². The molecule has 0 radical (unpaired) electrons. The Hall–Kier alpha value is -1.77. The number of rotatable bonds is 6. The summed E-state index contributed by atoms with van der Waals surface area (Å²) in [7, 11) is -1.79. The van der Waals surface area contributed by atoms with E-state index in [-0.39, 0.29) is 5.91 Å². The van der Waals surface area contributed by atoms with E-state index < -0.39 is 16.1 Å². The smallest absolute Gasteiger partial charge is 0.240 e. The first-order valence-electron chi connectivity index (χ1n) is 6.98. The highest BCUT2D eigenvalue weighted by atomic mass is 32.2. The summed E-state index contributed by atoms with van der Waals surface area (Å²) in [6, 6.07) is 9.00. The molecular weight excluding hydrogens is 334 g/mol. The van der Waals surface area contributed by atoms with Gasteiger partial charge < -0.3 is 4.90 Å². The van der Waals surface area contributed by atoms with E-state index in [0.717, 1.165) is 22.5 Å². The second kappa shape index (κ2) is 7.20. The first-order valence-corrected chi connectivity index (χ1v) is 9.75. The van der Waals surface area contributed by atoms with E-state index in [9.17, 15) is 13.2 Å². The lowest BCUT2D eigenvalue weighted by Crippen LogP contribution is -2.44. The van der Waals surface area contributed by atoms with Crippen LogP contribution in [-0.4, -0.2) is 43.6 Å². The fraction of sp³-hybridized carbons (Fsp3) is 0.333. The van der Waals surface area contributed by atoms with E-state index in [1.54, 1.807) is 7.05 Å². The summed E-state index contributed by atoms with van der Waals surface area (Å²) >= 11 is 1.51. The molecule has 1 atom stereocenters. The van der Waals surface area contributed by atoms with Gasteiger partial charge in [0, 0.05) is 18.0 Å². The van der Waals surface area contributed by atoms with Crippen LogP contribution in [0.5, 0.6) is 0 Å². The van der Waals surface area contributed by atoms with Crippen LogP contribution < -0.4 is 4.72 Å². The number of hydrogen-bond acceptors (Lipinski definition) is 5. The maximum Gasteiger partial charge on any atom is 0.240 e. The Labute approximate surface area is 140 Å². The minimum atomic E-state index is -3.42. The number of aromatic nitrogens is 1. The van der Waals surface area contributed by atoms with Crippen LogP contribution in [0, 0.1) is 0 Å². The van der Waals surface area contributed by atoms with Crippen molar-refractivity contribution < 1.29 is 13.2 Å². The molecule has 0 saturated carbocycles. The molecule has 1 amide bonds. The molecule has 6 nitrogen and oxygen atoms in total. The number of nitrogens with zero attached hydrogens (tertiary/aromatic N) is 2. The molecule has 23 heavy (non-hydrogen) atoms. The van der Waals surface area contributed by atoms with Gasteiger partial charge in [0.25, 0.3) is 0 Å². The standard InChI is InChI=1S/C15H19N3O3S2/c1-11(17-23(3,20)21)15(19)18(2)9-13-10-22-14(16-13)12-7-5-4-6-8-12/h4-8,10-11,17H,9H2,1-3H3. The molecule has 0 aliphatic carbocycles. The molecule has 2 aromatic rings. The van der Waals surface area contributed by atoms with E-state index in [1.807, 2.05) is 35.7 Å². The summed E-state index contributed by atoms with van der Waals surface area (Å²) < 4.78 is 24.7. The van der Waals surface area contributed by atoms with Crippen LogP contribution in [0.15, 0.2) is 35.7 Å². The summed E-state index contributed by atoms with van der Waals surface area (Å²) in [5.41, 5.74) is 1.81. The van der Waals surface area contributed by atoms with Gasteiger partial charge in [-0.05, 0) is 6.92 Å². The van der Waals surface area contributed by atoms with E-state index in [4.69, 9.17) is 0 Å². The molecule has 1 aromatic heterocycles. The first kappa shape index (κ1) is 17.6. The SMILES string of the molecule is CC(NS(C)(=O)=O)C(=O)N(C)Cc1csc(-c2ccccc2)n1. The van der Waals surface area contributed by atoms with Crippen molar-refractivity contribution in [2.24, 2.45) is 0 Å². The molecule has 1 heterocycles. The average Bonchev–Trinajstić information content (AvgIpc) is 2.94. The number of thiazole rings is 1. The predicted molar refractivity (Wildman–Crippen MR) is 91.5 cm³/mol. The van der Waals surface area contributed by atoms with Crippen molar-refractivity contribution in [1.82, 2.24) is 14.6 Å². The van der Waals surface area contributed by atoms with Crippen molar-refractivity contribution in [3.8, 4) is 10.6 Å². The maximum atomic E-state index is 12.2. The van der Waals surface area contributed by atoms with Gasteiger partial charge in [0.05, 0.1) is 24.5 Å². The van der Waals surface area contributed by atoms with Gasteiger partial charge in [-0.25, -0.2) is 18.1 Å². The molecule has 1 unspecified atom stereocenters. The molecule has 0 aliphatic rings. The number of hydrogen-bond donors (Lipinski definition) is 1. The predicted octanol–water partition coefficient (Wildman–Crippen LogP) is 1.71. The number of likely N-dealkylation sites (N-methyl/N-ethyl adjacent to an activating group) is 1. The van der Waals surface area contributed by atoms with Gasteiger partial charge >= 0.3 is 0 Å². The lowest BCUT2D eigenvalue weighted by Gasteiger charge is -2.20. The third-order valence-electron chi connectivity index (χ3n) is 3.11. The zero-order valence-corrected chi connectivity index (χ0v) is 14.8. The van der Waals surface area contributed by atoms with E-state index >= 15 is 0 Å². The number of carbonyl (C=O) groups is 1. The van der Waals surface area contributed by atoms with Crippen molar-refractivity contribution in [2.75, 3.05) is 13.3 Å². The quantitative estimate of drug-likeness (QED) is 0.857. The number of carbonyl (C=O) groups excluding carboxylic acids is 1. The fourth-order valence-corrected chi connectivity index (χ4v) is 3.68. The summed E-state index contributed by atoms with van der Waals surface area (Å²) in [6.45, 7) is 1.86. The third kappa shape index (κ3) is 5.12. The zero-order chi connectivity index (χ0) is 17.0. The molecule has 0 aliphatic heterocycles. The number of nitrogens with one attached hydrogen (secondary N) is 1. The van der Waals surface area contributed by atoms with Crippen LogP contribution in [0.25, 0.3) is 10.6 Å². The second-order valence-electron chi connectivity index (χ2n) is 5.32. The minimum absolute atomic E-state index is 0.301. The van der Waals surface area contributed by atoms with Gasteiger partial charge in [-0.3, -0.25) is 4.79 Å². The normalized spacial score (nSPS) is 12.8. The van der Waals surface area contributed by atoms with Crippen LogP contribution in [-0.2, 0) is 21.4 Å². The maximum absolute atomic E-state index is 12.2. The van der Waals surface area contributed by atoms with Gasteiger partial charge in [0.15, 0.2) is 0 Å². The summed E-state index contributed by atoms with van der Waals surface area (Å²) in [5, 5.41) is 2.80. The Kier molecular flexibility index (Phi) is 5.51. The van der Waals surface area contributed by atoms with Crippen molar-refractivity contribution in [3.05, 3.63) is 41.4 Å². The van der Waals surface area contributed by atoms with E-state index in [2.05, 4.69) is 9.71 Å². The summed E-state index contributed by atoms with van der Waals surface area (Å²) in [6.07, 6.45) is 1.03. The lowest BCUT2D eigenvalue weighted by molar-refractivity contribution is -0.131. The Morgan fingerprint density at radius 1 is 1.35 bits per heavy atom. The van der Waals surface area contributed by atoms with Crippen LogP contribution in [0.4, 0.5) is 0 Å². The molecule has 8 heteroatoms. The number of amides is 1. The van der Waals surface area contributed by atoms with Gasteiger partial charge in [-0.15, -0.1) is 11.3 Å². The number of sulfonamides is 1. The van der Waals surface area contributed by atoms with Gasteiger partial charge in [-0.1, -0.05) is 30.3 Å². The number of benzene rings is 1. The van der Waals surface area contributed by atoms with E-state index in [0.29, 0.717) is 6.54 Å². The molecule has 124 valence electrons. The highest BCUT2D eigenvalue weighted by Gasteiger charge is 2.21. The van der Waals surface area contributed by atoms with E-state index in [1.165, 1.54) is 23.2 Å². The molecule has 0 bridgehead atoms. The van der Waals surface area contributed by atoms with Crippen molar-refractivity contribution in [2.45, 2.75) is 19.5 Å². The molecule has 1 aromatic carbocycles. The molecular formula is C15H19N3O3S2. The molecule has 0 saturated heterocycles. The Morgan fingerprint density at radius 3 is 2.61 bits per heavy atom. The van der Waals surface area contributed by atoms with Crippen LogP contribution >= 0.6 is 11.3 Å². The third-order valence-corrected chi connectivity index (χ3v) is 4.83. The Morgan fingerprint density at radius 2 is 2.00 bits per heavy atom.